The fraction of sp³-hybridized carbons (Fsp3) is 0.467. The molecule has 1 unspecified atom stereocenters. The molecule has 3 N–H and O–H groups in total. The van der Waals surface area contributed by atoms with E-state index >= 15 is 0 Å². The lowest BCUT2D eigenvalue weighted by Crippen LogP contribution is -2.40. The van der Waals surface area contributed by atoms with Gasteiger partial charge in [-0.15, -0.1) is 0 Å². The molecular weight excluding hydrogens is 266 g/mol. The fourth-order valence-corrected chi connectivity index (χ4v) is 2.34. The summed E-state index contributed by atoms with van der Waals surface area (Å²) in [6.45, 7) is 5.97. The number of nitrogens with zero attached hydrogens (tertiary/aromatic N) is 3. The molecule has 114 valence electrons. The predicted octanol–water partition coefficient (Wildman–Crippen LogP) is 1.28. The first kappa shape index (κ1) is 15.3. The Morgan fingerprint density at radius 2 is 2.24 bits per heavy atom. The highest BCUT2D eigenvalue weighted by atomic mass is 16.5. The number of hydrogen-bond donors (Lipinski definition) is 2. The molecule has 2 rings (SSSR count). The van der Waals surface area contributed by atoms with Crippen molar-refractivity contribution in [1.82, 2.24) is 14.9 Å². The largest absolute Gasteiger partial charge is 0.383 e. The van der Waals surface area contributed by atoms with E-state index in [1.807, 2.05) is 32.0 Å². The average molecular weight is 289 g/mol. The Morgan fingerprint density at radius 1 is 1.48 bits per heavy atom. The van der Waals surface area contributed by atoms with Crippen LogP contribution in [0.25, 0.3) is 11.0 Å². The first-order chi connectivity index (χ1) is 10.1. The lowest BCUT2D eigenvalue weighted by molar-refractivity contribution is 0.179. The molecule has 0 saturated carbocycles. The van der Waals surface area contributed by atoms with Crippen LogP contribution in [0.2, 0.25) is 0 Å². The SMILES string of the molecule is COCC(C)NC(N)=NCCn1c(C)nc2ccccc21. The van der Waals surface area contributed by atoms with E-state index in [1.165, 1.54) is 0 Å². The van der Waals surface area contributed by atoms with Crippen molar-refractivity contribution in [2.75, 3.05) is 20.3 Å². The standard InChI is InChI=1S/C15H23N5O/c1-11(10-21-3)18-15(16)17-8-9-20-12(2)19-13-6-4-5-7-14(13)20/h4-7,11H,8-10H2,1-3H3,(H3,16,17,18). The third-order valence-corrected chi connectivity index (χ3v) is 3.26. The van der Waals surface area contributed by atoms with E-state index in [1.54, 1.807) is 7.11 Å². The molecule has 21 heavy (non-hydrogen) atoms. The van der Waals surface area contributed by atoms with Crippen LogP contribution in [-0.2, 0) is 11.3 Å². The number of guanidine groups is 1. The van der Waals surface area contributed by atoms with Gasteiger partial charge < -0.3 is 20.4 Å². The summed E-state index contributed by atoms with van der Waals surface area (Å²) in [6.07, 6.45) is 0. The Balaban J connectivity index is 1.97. The zero-order valence-electron chi connectivity index (χ0n) is 12.8. The average Bonchev–Trinajstić information content (AvgIpc) is 2.75. The van der Waals surface area contributed by atoms with Crippen LogP contribution in [0.15, 0.2) is 29.3 Å². The first-order valence-corrected chi connectivity index (χ1v) is 7.09. The second-order valence-corrected chi connectivity index (χ2v) is 5.07. The predicted molar refractivity (Wildman–Crippen MR) is 85.4 cm³/mol. The number of para-hydroxylation sites is 2. The van der Waals surface area contributed by atoms with Gasteiger partial charge in [-0.1, -0.05) is 12.1 Å². The van der Waals surface area contributed by atoms with Crippen molar-refractivity contribution >= 4 is 17.0 Å². The molecule has 0 radical (unpaired) electrons. The van der Waals surface area contributed by atoms with Gasteiger partial charge in [0.05, 0.1) is 24.2 Å². The van der Waals surface area contributed by atoms with Crippen LogP contribution in [0.4, 0.5) is 0 Å². The highest BCUT2D eigenvalue weighted by Crippen LogP contribution is 2.14. The van der Waals surface area contributed by atoms with Crippen molar-refractivity contribution < 1.29 is 4.74 Å². The molecule has 0 aliphatic rings. The van der Waals surface area contributed by atoms with Crippen molar-refractivity contribution in [1.29, 1.82) is 0 Å². The van der Waals surface area contributed by atoms with Crippen molar-refractivity contribution in [3.05, 3.63) is 30.1 Å². The third kappa shape index (κ3) is 3.95. The zero-order valence-corrected chi connectivity index (χ0v) is 12.8. The van der Waals surface area contributed by atoms with Crippen molar-refractivity contribution in [3.63, 3.8) is 0 Å². The van der Waals surface area contributed by atoms with Gasteiger partial charge in [0, 0.05) is 19.7 Å². The van der Waals surface area contributed by atoms with Gasteiger partial charge in [-0.25, -0.2) is 4.98 Å². The normalized spacial score (nSPS) is 13.6. The summed E-state index contributed by atoms with van der Waals surface area (Å²) in [5.41, 5.74) is 8.00. The van der Waals surface area contributed by atoms with E-state index in [4.69, 9.17) is 10.5 Å². The molecule has 6 heteroatoms. The van der Waals surface area contributed by atoms with E-state index in [9.17, 15) is 0 Å². The maximum absolute atomic E-state index is 5.85. The minimum atomic E-state index is 0.148. The quantitative estimate of drug-likeness (QED) is 0.620. The van der Waals surface area contributed by atoms with Gasteiger partial charge in [0.25, 0.3) is 0 Å². The monoisotopic (exact) mass is 289 g/mol. The lowest BCUT2D eigenvalue weighted by atomic mass is 10.3. The number of fused-ring (bicyclic) bond motifs is 1. The highest BCUT2D eigenvalue weighted by molar-refractivity contribution is 5.78. The lowest BCUT2D eigenvalue weighted by Gasteiger charge is -2.13. The Bertz CT molecular complexity index is 620. The number of aliphatic imine (C=N–C) groups is 1. The molecule has 1 aromatic carbocycles. The van der Waals surface area contributed by atoms with E-state index < -0.39 is 0 Å². The molecule has 2 aromatic rings. The number of aromatic nitrogens is 2. The fourth-order valence-electron chi connectivity index (χ4n) is 2.34. The van der Waals surface area contributed by atoms with Crippen molar-refractivity contribution in [2.24, 2.45) is 10.7 Å². The Hall–Kier alpha value is -2.08. The Morgan fingerprint density at radius 3 is 3.00 bits per heavy atom. The van der Waals surface area contributed by atoms with Gasteiger partial charge in [0.1, 0.15) is 5.82 Å². The van der Waals surface area contributed by atoms with Gasteiger partial charge in [0.15, 0.2) is 5.96 Å². The minimum Gasteiger partial charge on any atom is -0.383 e. The third-order valence-electron chi connectivity index (χ3n) is 3.26. The van der Waals surface area contributed by atoms with Crippen LogP contribution in [0, 0.1) is 6.92 Å². The summed E-state index contributed by atoms with van der Waals surface area (Å²) in [7, 11) is 1.67. The first-order valence-electron chi connectivity index (χ1n) is 7.09. The van der Waals surface area contributed by atoms with Gasteiger partial charge >= 0.3 is 0 Å². The van der Waals surface area contributed by atoms with Crippen LogP contribution in [0.5, 0.6) is 0 Å². The van der Waals surface area contributed by atoms with Gasteiger partial charge in [-0.05, 0) is 26.0 Å². The van der Waals surface area contributed by atoms with Crippen LogP contribution in [0.1, 0.15) is 12.7 Å². The summed E-state index contributed by atoms with van der Waals surface area (Å²) in [5, 5.41) is 3.09. The number of nitrogens with one attached hydrogen (secondary N) is 1. The van der Waals surface area contributed by atoms with Crippen molar-refractivity contribution in [2.45, 2.75) is 26.4 Å². The number of benzene rings is 1. The topological polar surface area (TPSA) is 77.5 Å². The molecule has 0 aliphatic carbocycles. The molecule has 0 fully saturated rings. The number of methoxy groups -OCH3 is 1. The van der Waals surface area contributed by atoms with E-state index in [0.717, 1.165) is 23.4 Å². The number of ether oxygens (including phenoxy) is 1. The molecule has 0 amide bonds. The van der Waals surface area contributed by atoms with E-state index in [0.29, 0.717) is 19.1 Å². The van der Waals surface area contributed by atoms with E-state index in [2.05, 4.69) is 25.9 Å². The second-order valence-electron chi connectivity index (χ2n) is 5.07. The molecule has 1 heterocycles. The van der Waals surface area contributed by atoms with Crippen LogP contribution >= 0.6 is 0 Å². The van der Waals surface area contributed by atoms with Crippen LogP contribution < -0.4 is 11.1 Å². The molecule has 0 spiro atoms. The zero-order chi connectivity index (χ0) is 15.2. The van der Waals surface area contributed by atoms with Gasteiger partial charge in [-0.3, -0.25) is 4.99 Å². The van der Waals surface area contributed by atoms with Crippen LogP contribution in [0.3, 0.4) is 0 Å². The summed E-state index contributed by atoms with van der Waals surface area (Å²) in [4.78, 5) is 8.88. The second kappa shape index (κ2) is 7.08. The molecule has 0 aliphatic heterocycles. The van der Waals surface area contributed by atoms with Crippen molar-refractivity contribution in [3.8, 4) is 0 Å². The summed E-state index contributed by atoms with van der Waals surface area (Å²) in [6, 6.07) is 8.25. The van der Waals surface area contributed by atoms with Gasteiger partial charge in [-0.2, -0.15) is 0 Å². The Kier molecular flexibility index (Phi) is 5.16. The molecule has 0 bridgehead atoms. The number of imidazole rings is 1. The maximum atomic E-state index is 5.85. The maximum Gasteiger partial charge on any atom is 0.188 e. The molecule has 6 nitrogen and oxygen atoms in total. The summed E-state index contributed by atoms with van der Waals surface area (Å²) >= 11 is 0. The number of aryl methyl sites for hydroxylation is 1. The molecular formula is C15H23N5O. The molecule has 1 atom stereocenters. The highest BCUT2D eigenvalue weighted by Gasteiger charge is 2.06. The molecule has 0 saturated heterocycles. The summed E-state index contributed by atoms with van der Waals surface area (Å²) < 4.78 is 7.20. The number of hydrogen-bond acceptors (Lipinski definition) is 3. The number of nitrogens with two attached hydrogens (primary N) is 1. The van der Waals surface area contributed by atoms with Gasteiger partial charge in [0.2, 0.25) is 0 Å². The summed E-state index contributed by atoms with van der Waals surface area (Å²) in [5.74, 6) is 1.44. The number of rotatable bonds is 6. The Labute approximate surface area is 125 Å². The van der Waals surface area contributed by atoms with E-state index in [-0.39, 0.29) is 6.04 Å². The minimum absolute atomic E-state index is 0.148. The smallest absolute Gasteiger partial charge is 0.188 e. The molecule has 1 aromatic heterocycles. The van der Waals surface area contributed by atoms with Crippen LogP contribution in [-0.4, -0.2) is 41.8 Å².